The zero-order valence-corrected chi connectivity index (χ0v) is 15.1. The second-order valence-electron chi connectivity index (χ2n) is 6.98. The Bertz CT molecular complexity index is 549. The fraction of sp³-hybridized carbons (Fsp3) is 0.632. The van der Waals surface area contributed by atoms with E-state index in [-0.39, 0.29) is 11.9 Å². The molecule has 0 aromatic heterocycles. The Morgan fingerprint density at radius 1 is 1.28 bits per heavy atom. The van der Waals surface area contributed by atoms with Gasteiger partial charge in [0.25, 0.3) is 0 Å². The SMILES string of the molecule is CC(C)CO[C@H]1[C@H](C)OC(=O)[C@@H](N)CCC[C@@H]1Oc1ccc(F)cc1. The number of esters is 1. The van der Waals surface area contributed by atoms with Crippen molar-refractivity contribution < 1.29 is 23.4 Å². The smallest absolute Gasteiger partial charge is 0.323 e. The number of halogens is 1. The molecule has 0 unspecified atom stereocenters. The molecule has 2 N–H and O–H groups in total. The summed E-state index contributed by atoms with van der Waals surface area (Å²) in [6, 6.07) is 5.26. The molecule has 5 nitrogen and oxygen atoms in total. The van der Waals surface area contributed by atoms with Gasteiger partial charge in [-0.2, -0.15) is 0 Å². The Kier molecular flexibility index (Phi) is 7.20. The quantitative estimate of drug-likeness (QED) is 0.824. The summed E-state index contributed by atoms with van der Waals surface area (Å²) >= 11 is 0. The molecule has 0 spiro atoms. The fourth-order valence-corrected chi connectivity index (χ4v) is 2.82. The van der Waals surface area contributed by atoms with Gasteiger partial charge in [-0.3, -0.25) is 4.79 Å². The lowest BCUT2D eigenvalue weighted by molar-refractivity contribution is -0.163. The van der Waals surface area contributed by atoms with E-state index in [0.717, 1.165) is 6.42 Å². The van der Waals surface area contributed by atoms with Gasteiger partial charge in [0.1, 0.15) is 35.9 Å². The predicted octanol–water partition coefficient (Wildman–Crippen LogP) is 3.06. The largest absolute Gasteiger partial charge is 0.488 e. The molecular weight excluding hydrogens is 325 g/mol. The van der Waals surface area contributed by atoms with Crippen molar-refractivity contribution in [3.63, 3.8) is 0 Å². The summed E-state index contributed by atoms with van der Waals surface area (Å²) < 4.78 is 30.7. The number of benzene rings is 1. The zero-order chi connectivity index (χ0) is 18.4. The van der Waals surface area contributed by atoms with Crippen molar-refractivity contribution in [3.8, 4) is 5.75 Å². The summed E-state index contributed by atoms with van der Waals surface area (Å²) in [5.41, 5.74) is 5.86. The number of ether oxygens (including phenoxy) is 3. The number of rotatable bonds is 5. The summed E-state index contributed by atoms with van der Waals surface area (Å²) in [6.07, 6.45) is 0.719. The first-order valence-corrected chi connectivity index (χ1v) is 8.86. The Morgan fingerprint density at radius 2 is 1.96 bits per heavy atom. The van der Waals surface area contributed by atoms with Crippen LogP contribution in [-0.2, 0) is 14.3 Å². The van der Waals surface area contributed by atoms with Crippen LogP contribution in [0.5, 0.6) is 5.75 Å². The van der Waals surface area contributed by atoms with E-state index in [1.165, 1.54) is 12.1 Å². The number of nitrogens with two attached hydrogens (primary N) is 1. The summed E-state index contributed by atoms with van der Waals surface area (Å²) in [5.74, 6) is 0.173. The summed E-state index contributed by atoms with van der Waals surface area (Å²) in [5, 5.41) is 0. The molecule has 1 aliphatic heterocycles. The van der Waals surface area contributed by atoms with Crippen LogP contribution in [0, 0.1) is 11.7 Å². The van der Waals surface area contributed by atoms with Crippen molar-refractivity contribution in [2.24, 2.45) is 11.7 Å². The highest BCUT2D eigenvalue weighted by Gasteiger charge is 2.35. The number of carbonyl (C=O) groups excluding carboxylic acids is 1. The van der Waals surface area contributed by atoms with Crippen molar-refractivity contribution in [1.29, 1.82) is 0 Å². The van der Waals surface area contributed by atoms with E-state index in [0.29, 0.717) is 31.1 Å². The van der Waals surface area contributed by atoms with Gasteiger partial charge in [0.15, 0.2) is 0 Å². The van der Waals surface area contributed by atoms with E-state index in [1.807, 2.05) is 0 Å². The van der Waals surface area contributed by atoms with Crippen molar-refractivity contribution in [2.75, 3.05) is 6.61 Å². The molecule has 25 heavy (non-hydrogen) atoms. The molecule has 1 aromatic carbocycles. The summed E-state index contributed by atoms with van der Waals surface area (Å²) in [4.78, 5) is 12.0. The minimum Gasteiger partial charge on any atom is -0.488 e. The molecule has 0 aliphatic carbocycles. The molecular formula is C19H28FNO4. The van der Waals surface area contributed by atoms with Crippen molar-refractivity contribution in [2.45, 2.75) is 64.4 Å². The average molecular weight is 353 g/mol. The lowest BCUT2D eigenvalue weighted by atomic mass is 10.0. The van der Waals surface area contributed by atoms with Gasteiger partial charge in [-0.05, 0) is 56.4 Å². The molecule has 2 rings (SSSR count). The van der Waals surface area contributed by atoms with Crippen molar-refractivity contribution in [1.82, 2.24) is 0 Å². The third-order valence-corrected chi connectivity index (χ3v) is 4.16. The lowest BCUT2D eigenvalue weighted by Gasteiger charge is -2.32. The van der Waals surface area contributed by atoms with Gasteiger partial charge >= 0.3 is 5.97 Å². The van der Waals surface area contributed by atoms with Gasteiger partial charge in [-0.1, -0.05) is 13.8 Å². The summed E-state index contributed by atoms with van der Waals surface area (Å²) in [7, 11) is 0. The second-order valence-corrected chi connectivity index (χ2v) is 6.98. The zero-order valence-electron chi connectivity index (χ0n) is 15.1. The molecule has 1 heterocycles. The third-order valence-electron chi connectivity index (χ3n) is 4.16. The van der Waals surface area contributed by atoms with E-state index in [1.54, 1.807) is 19.1 Å². The van der Waals surface area contributed by atoms with E-state index < -0.39 is 24.2 Å². The first-order chi connectivity index (χ1) is 11.9. The van der Waals surface area contributed by atoms with Crippen molar-refractivity contribution >= 4 is 5.97 Å². The van der Waals surface area contributed by atoms with E-state index in [4.69, 9.17) is 19.9 Å². The highest BCUT2D eigenvalue weighted by atomic mass is 19.1. The van der Waals surface area contributed by atoms with Gasteiger partial charge in [0, 0.05) is 6.61 Å². The van der Waals surface area contributed by atoms with Crippen LogP contribution in [0.2, 0.25) is 0 Å². The molecule has 6 heteroatoms. The predicted molar refractivity (Wildman–Crippen MR) is 92.8 cm³/mol. The van der Waals surface area contributed by atoms with Crippen LogP contribution in [0.25, 0.3) is 0 Å². The van der Waals surface area contributed by atoms with Gasteiger partial charge in [0.05, 0.1) is 0 Å². The van der Waals surface area contributed by atoms with Gasteiger partial charge < -0.3 is 19.9 Å². The van der Waals surface area contributed by atoms with E-state index in [9.17, 15) is 9.18 Å². The molecule has 0 radical (unpaired) electrons. The first kappa shape index (κ1) is 19.7. The van der Waals surface area contributed by atoms with Crippen LogP contribution in [0.1, 0.15) is 40.0 Å². The Hall–Kier alpha value is -1.66. The normalized spacial score (nSPS) is 28.0. The second kappa shape index (κ2) is 9.15. The maximum Gasteiger partial charge on any atom is 0.323 e. The fourth-order valence-electron chi connectivity index (χ4n) is 2.82. The van der Waals surface area contributed by atoms with Crippen LogP contribution in [0.3, 0.4) is 0 Å². The van der Waals surface area contributed by atoms with Crippen LogP contribution >= 0.6 is 0 Å². The van der Waals surface area contributed by atoms with Crippen LogP contribution < -0.4 is 10.5 Å². The van der Waals surface area contributed by atoms with Gasteiger partial charge in [0.2, 0.25) is 0 Å². The number of carbonyl (C=O) groups is 1. The lowest BCUT2D eigenvalue weighted by Crippen LogP contribution is -2.45. The monoisotopic (exact) mass is 353 g/mol. The standard InChI is InChI=1S/C19H28FNO4/c1-12(2)11-23-18-13(3)24-19(22)16(21)5-4-6-17(18)25-15-9-7-14(20)8-10-15/h7-10,12-13,16-18H,4-6,11,21H2,1-3H3/t13-,16-,17-,18-/m0/s1. The van der Waals surface area contributed by atoms with Crippen molar-refractivity contribution in [3.05, 3.63) is 30.1 Å². The highest BCUT2D eigenvalue weighted by Crippen LogP contribution is 2.24. The molecule has 0 saturated carbocycles. The van der Waals surface area contributed by atoms with E-state index >= 15 is 0 Å². The molecule has 1 fully saturated rings. The highest BCUT2D eigenvalue weighted by molar-refractivity contribution is 5.75. The topological polar surface area (TPSA) is 70.8 Å². The van der Waals surface area contributed by atoms with Crippen LogP contribution in [-0.4, -0.2) is 36.9 Å². The molecule has 140 valence electrons. The average Bonchev–Trinajstić information content (AvgIpc) is 2.59. The summed E-state index contributed by atoms with van der Waals surface area (Å²) in [6.45, 7) is 6.43. The molecule has 0 bridgehead atoms. The third kappa shape index (κ3) is 5.97. The van der Waals surface area contributed by atoms with Crippen LogP contribution in [0.15, 0.2) is 24.3 Å². The molecule has 1 aromatic rings. The Balaban J connectivity index is 2.18. The minimum absolute atomic E-state index is 0.308. The van der Waals surface area contributed by atoms with Gasteiger partial charge in [-0.25, -0.2) is 4.39 Å². The number of cyclic esters (lactones) is 1. The van der Waals surface area contributed by atoms with Gasteiger partial charge in [-0.15, -0.1) is 0 Å². The minimum atomic E-state index is -0.627. The maximum absolute atomic E-state index is 13.1. The molecule has 0 amide bonds. The number of hydrogen-bond acceptors (Lipinski definition) is 5. The van der Waals surface area contributed by atoms with Crippen LogP contribution in [0.4, 0.5) is 4.39 Å². The molecule has 1 saturated heterocycles. The maximum atomic E-state index is 13.1. The van der Waals surface area contributed by atoms with E-state index in [2.05, 4.69) is 13.8 Å². The molecule has 4 atom stereocenters. The Morgan fingerprint density at radius 3 is 2.60 bits per heavy atom. The Labute approximate surface area is 148 Å². The first-order valence-electron chi connectivity index (χ1n) is 8.86. The number of hydrogen-bond donors (Lipinski definition) is 1. The molecule has 1 aliphatic rings.